The number of amides is 2. The molecule has 2 aromatic carbocycles. The summed E-state index contributed by atoms with van der Waals surface area (Å²) in [5.74, 6) is -0.488. The molecule has 2 heterocycles. The van der Waals surface area contributed by atoms with Crippen molar-refractivity contribution in [2.24, 2.45) is 0 Å². The number of nitrogens with zero attached hydrogens (tertiary/aromatic N) is 2. The number of rotatable bonds is 3. The van der Waals surface area contributed by atoms with Crippen LogP contribution in [0.5, 0.6) is 0 Å². The largest absolute Gasteiger partial charge is 0.416 e. The summed E-state index contributed by atoms with van der Waals surface area (Å²) in [6, 6.07) is 9.75. The number of urea groups is 1. The number of sulfone groups is 1. The van der Waals surface area contributed by atoms with Crippen LogP contribution in [0.3, 0.4) is 0 Å². The predicted octanol–water partition coefficient (Wildman–Crippen LogP) is 3.88. The second-order valence-corrected chi connectivity index (χ2v) is 9.46. The van der Waals surface area contributed by atoms with E-state index in [9.17, 15) is 26.4 Å². The molecule has 2 saturated heterocycles. The number of aryl methyl sites for hydroxylation is 1. The van der Waals surface area contributed by atoms with E-state index in [-0.39, 0.29) is 17.2 Å². The van der Waals surface area contributed by atoms with Crippen LogP contribution < -0.4 is 9.80 Å². The summed E-state index contributed by atoms with van der Waals surface area (Å²) in [6.07, 6.45) is -3.75. The lowest BCUT2D eigenvalue weighted by Crippen LogP contribution is -2.38. The predicted molar refractivity (Wildman–Crippen MR) is 104 cm³/mol. The highest BCUT2D eigenvalue weighted by atomic mass is 32.2. The average molecular weight is 424 g/mol. The van der Waals surface area contributed by atoms with Crippen LogP contribution in [0.4, 0.5) is 29.3 Å². The van der Waals surface area contributed by atoms with Gasteiger partial charge in [-0.3, -0.25) is 9.80 Å². The van der Waals surface area contributed by atoms with Crippen molar-refractivity contribution in [1.29, 1.82) is 0 Å². The van der Waals surface area contributed by atoms with Gasteiger partial charge in [0.15, 0.2) is 9.84 Å². The van der Waals surface area contributed by atoms with Crippen LogP contribution in [-0.4, -0.2) is 38.0 Å². The molecule has 2 fully saturated rings. The monoisotopic (exact) mass is 424 g/mol. The molecule has 0 spiro atoms. The van der Waals surface area contributed by atoms with Crippen LogP contribution in [0, 0.1) is 0 Å². The number of hydrogen-bond acceptors (Lipinski definition) is 3. The van der Waals surface area contributed by atoms with Gasteiger partial charge in [0.05, 0.1) is 29.2 Å². The molecule has 0 saturated carbocycles. The lowest BCUT2D eigenvalue weighted by Gasteiger charge is -2.23. The van der Waals surface area contributed by atoms with Crippen molar-refractivity contribution in [3.8, 4) is 0 Å². The molecule has 154 valence electrons. The lowest BCUT2D eigenvalue weighted by atomic mass is 10.1. The Balaban J connectivity index is 1.78. The molecule has 2 atom stereocenters. The molecule has 2 aliphatic heterocycles. The first-order valence-corrected chi connectivity index (χ1v) is 11.0. The molecule has 9 heteroatoms. The first-order valence-electron chi connectivity index (χ1n) is 9.20. The van der Waals surface area contributed by atoms with E-state index in [2.05, 4.69) is 0 Å². The van der Waals surface area contributed by atoms with Crippen LogP contribution in [0.2, 0.25) is 0 Å². The maximum atomic E-state index is 13.2. The van der Waals surface area contributed by atoms with Gasteiger partial charge in [-0.2, -0.15) is 13.2 Å². The van der Waals surface area contributed by atoms with Gasteiger partial charge < -0.3 is 0 Å². The molecule has 0 aliphatic carbocycles. The third-order valence-electron chi connectivity index (χ3n) is 5.44. The molecule has 4 rings (SSSR count). The number of anilines is 2. The van der Waals surface area contributed by atoms with E-state index >= 15 is 0 Å². The van der Waals surface area contributed by atoms with Crippen molar-refractivity contribution in [2.45, 2.75) is 31.6 Å². The zero-order chi connectivity index (χ0) is 21.0. The fourth-order valence-electron chi connectivity index (χ4n) is 4.03. The summed E-state index contributed by atoms with van der Waals surface area (Å²) in [5.41, 5.74) is 0.759. The standard InChI is InChI=1S/C20H19F3N2O3S/c1-2-13-6-8-15(9-7-13)24-17-11-29(27,28)12-18(17)25(19(24)26)16-5-3-4-14(10-16)20(21,22)23/h3-10,17-18H,2,11-12H2,1H3/t17-,18+/m0/s1. The Labute approximate surface area is 166 Å². The van der Waals surface area contributed by atoms with Crippen molar-refractivity contribution in [2.75, 3.05) is 21.3 Å². The summed E-state index contributed by atoms with van der Waals surface area (Å²) in [6.45, 7) is 1.99. The molecule has 5 nitrogen and oxygen atoms in total. The van der Waals surface area contributed by atoms with Crippen LogP contribution in [0.25, 0.3) is 0 Å². The Morgan fingerprint density at radius 1 is 0.966 bits per heavy atom. The number of halogens is 3. The zero-order valence-corrected chi connectivity index (χ0v) is 16.4. The Morgan fingerprint density at radius 3 is 2.10 bits per heavy atom. The first-order chi connectivity index (χ1) is 13.6. The minimum atomic E-state index is -4.56. The average Bonchev–Trinajstić information content (AvgIpc) is 3.09. The Kier molecular flexibility index (Phi) is 4.60. The molecule has 29 heavy (non-hydrogen) atoms. The first kappa shape index (κ1) is 19.8. The van der Waals surface area contributed by atoms with Gasteiger partial charge in [-0.1, -0.05) is 25.1 Å². The van der Waals surface area contributed by atoms with E-state index in [1.54, 1.807) is 12.1 Å². The molecule has 0 radical (unpaired) electrons. The summed E-state index contributed by atoms with van der Waals surface area (Å²) in [4.78, 5) is 15.8. The number of carbonyl (C=O) groups excluding carboxylic acids is 1. The van der Waals surface area contributed by atoms with E-state index in [1.165, 1.54) is 21.9 Å². The SMILES string of the molecule is CCc1ccc(N2C(=O)N(c3cccc(C(F)(F)F)c3)[C@@H]3CS(=O)(=O)C[C@@H]32)cc1. The number of benzene rings is 2. The Hall–Kier alpha value is -2.55. The second kappa shape index (κ2) is 6.76. The maximum Gasteiger partial charge on any atom is 0.416 e. The highest BCUT2D eigenvalue weighted by molar-refractivity contribution is 7.91. The van der Waals surface area contributed by atoms with Gasteiger partial charge >= 0.3 is 12.2 Å². The number of hydrogen-bond donors (Lipinski definition) is 0. The summed E-state index contributed by atoms with van der Waals surface area (Å²) in [5, 5.41) is 0. The summed E-state index contributed by atoms with van der Waals surface area (Å²) >= 11 is 0. The van der Waals surface area contributed by atoms with Gasteiger partial charge in [0.2, 0.25) is 0 Å². The van der Waals surface area contributed by atoms with Gasteiger partial charge in [0.1, 0.15) is 0 Å². The van der Waals surface area contributed by atoms with E-state index in [4.69, 9.17) is 0 Å². The van der Waals surface area contributed by atoms with E-state index in [1.807, 2.05) is 19.1 Å². The second-order valence-electron chi connectivity index (χ2n) is 7.30. The Morgan fingerprint density at radius 2 is 1.55 bits per heavy atom. The van der Waals surface area contributed by atoms with E-state index < -0.39 is 39.7 Å². The maximum absolute atomic E-state index is 13.2. The summed E-state index contributed by atoms with van der Waals surface area (Å²) in [7, 11) is -3.42. The van der Waals surface area contributed by atoms with Crippen molar-refractivity contribution in [3.05, 3.63) is 59.7 Å². The number of carbonyl (C=O) groups is 1. The van der Waals surface area contributed by atoms with E-state index in [0.29, 0.717) is 5.69 Å². The smallest absolute Gasteiger partial charge is 0.288 e. The summed E-state index contributed by atoms with van der Waals surface area (Å²) < 4.78 is 64.0. The van der Waals surface area contributed by atoms with Gasteiger partial charge in [-0.15, -0.1) is 0 Å². The van der Waals surface area contributed by atoms with Crippen molar-refractivity contribution in [1.82, 2.24) is 0 Å². The zero-order valence-electron chi connectivity index (χ0n) is 15.6. The fourth-order valence-corrected chi connectivity index (χ4v) is 5.95. The van der Waals surface area contributed by atoms with Gasteiger partial charge in [0.25, 0.3) is 0 Å². The molecule has 0 aromatic heterocycles. The van der Waals surface area contributed by atoms with Crippen LogP contribution in [0.15, 0.2) is 48.5 Å². The highest BCUT2D eigenvalue weighted by Crippen LogP contribution is 2.39. The minimum absolute atomic E-state index is 0.0459. The molecule has 2 amide bonds. The Bertz CT molecular complexity index is 1050. The lowest BCUT2D eigenvalue weighted by molar-refractivity contribution is -0.137. The molecule has 0 unspecified atom stereocenters. The van der Waals surface area contributed by atoms with Crippen molar-refractivity contribution < 1.29 is 26.4 Å². The topological polar surface area (TPSA) is 57.7 Å². The normalized spacial score (nSPS) is 23.5. The third-order valence-corrected chi connectivity index (χ3v) is 7.14. The fraction of sp³-hybridized carbons (Fsp3) is 0.350. The molecule has 2 aliphatic rings. The molecule has 0 N–H and O–H groups in total. The van der Waals surface area contributed by atoms with Gasteiger partial charge in [-0.05, 0) is 42.3 Å². The van der Waals surface area contributed by atoms with Gasteiger partial charge in [-0.25, -0.2) is 13.2 Å². The van der Waals surface area contributed by atoms with Crippen molar-refractivity contribution in [3.63, 3.8) is 0 Å². The molecular formula is C20H19F3N2O3S. The van der Waals surface area contributed by atoms with E-state index in [0.717, 1.165) is 24.1 Å². The third kappa shape index (κ3) is 3.48. The number of fused-ring (bicyclic) bond motifs is 1. The van der Waals surface area contributed by atoms with Crippen LogP contribution in [0.1, 0.15) is 18.1 Å². The minimum Gasteiger partial charge on any atom is -0.288 e. The van der Waals surface area contributed by atoms with Gasteiger partial charge in [0, 0.05) is 11.4 Å². The molecular weight excluding hydrogens is 405 g/mol. The van der Waals surface area contributed by atoms with Crippen LogP contribution in [-0.2, 0) is 22.4 Å². The molecule has 2 aromatic rings. The molecule has 0 bridgehead atoms. The quantitative estimate of drug-likeness (QED) is 0.703. The van der Waals surface area contributed by atoms with Crippen LogP contribution >= 0.6 is 0 Å². The number of alkyl halides is 3. The van der Waals surface area contributed by atoms with Crippen molar-refractivity contribution >= 4 is 27.2 Å². The highest BCUT2D eigenvalue weighted by Gasteiger charge is 2.54.